The van der Waals surface area contributed by atoms with Crippen LogP contribution in [0.25, 0.3) is 0 Å². The number of carbonyl (C=O) groups excluding carboxylic acids is 1. The second kappa shape index (κ2) is 6.86. The van der Waals surface area contributed by atoms with Crippen LogP contribution in [-0.2, 0) is 17.6 Å². The van der Waals surface area contributed by atoms with Gasteiger partial charge in [-0.25, -0.2) is 0 Å². The second-order valence-corrected chi connectivity index (χ2v) is 6.14. The van der Waals surface area contributed by atoms with Crippen molar-refractivity contribution in [3.8, 4) is 5.75 Å². The van der Waals surface area contributed by atoms with E-state index in [2.05, 4.69) is 24.3 Å². The van der Waals surface area contributed by atoms with Gasteiger partial charge in [-0.05, 0) is 48.1 Å². The summed E-state index contributed by atoms with van der Waals surface area (Å²) in [6, 6.07) is 16.4. The van der Waals surface area contributed by atoms with E-state index in [9.17, 15) is 4.79 Å². The number of fused-ring (bicyclic) bond motifs is 1. The molecule has 0 N–H and O–H groups in total. The van der Waals surface area contributed by atoms with Gasteiger partial charge in [-0.3, -0.25) is 4.79 Å². The van der Waals surface area contributed by atoms with Crippen molar-refractivity contribution < 1.29 is 9.53 Å². The third kappa shape index (κ3) is 3.39. The summed E-state index contributed by atoms with van der Waals surface area (Å²) in [5.74, 6) is 0.945. The summed E-state index contributed by atoms with van der Waals surface area (Å²) in [6.07, 6.45) is 3.70. The number of methoxy groups -OCH3 is 1. The molecule has 2 aromatic rings. The first kappa shape index (κ1) is 15.6. The van der Waals surface area contributed by atoms with Gasteiger partial charge >= 0.3 is 0 Å². The molecule has 1 amide bonds. The van der Waals surface area contributed by atoms with Crippen LogP contribution in [0.4, 0.5) is 0 Å². The van der Waals surface area contributed by atoms with Crippen LogP contribution >= 0.6 is 0 Å². The van der Waals surface area contributed by atoms with E-state index in [1.54, 1.807) is 7.11 Å². The van der Waals surface area contributed by atoms with Crippen LogP contribution in [0.3, 0.4) is 0 Å². The van der Waals surface area contributed by atoms with Gasteiger partial charge in [0.15, 0.2) is 0 Å². The van der Waals surface area contributed by atoms with Crippen LogP contribution < -0.4 is 4.74 Å². The molecule has 0 aromatic heterocycles. The number of likely N-dealkylation sites (N-methyl/N-ethyl adjacent to an activating group) is 1. The summed E-state index contributed by atoms with van der Waals surface area (Å²) >= 11 is 0. The van der Waals surface area contributed by atoms with E-state index in [0.29, 0.717) is 6.42 Å². The van der Waals surface area contributed by atoms with Gasteiger partial charge in [-0.1, -0.05) is 36.4 Å². The Balaban J connectivity index is 1.75. The summed E-state index contributed by atoms with van der Waals surface area (Å²) in [7, 11) is 3.57. The highest BCUT2D eigenvalue weighted by atomic mass is 16.5. The highest BCUT2D eigenvalue weighted by molar-refractivity contribution is 5.79. The quantitative estimate of drug-likeness (QED) is 0.860. The molecule has 120 valence electrons. The van der Waals surface area contributed by atoms with Gasteiger partial charge in [0.25, 0.3) is 0 Å². The smallest absolute Gasteiger partial charge is 0.227 e. The minimum atomic E-state index is 0.153. The molecule has 0 heterocycles. The summed E-state index contributed by atoms with van der Waals surface area (Å²) < 4.78 is 5.23. The lowest BCUT2D eigenvalue weighted by Gasteiger charge is -2.33. The highest BCUT2D eigenvalue weighted by Gasteiger charge is 2.26. The Morgan fingerprint density at radius 2 is 2.04 bits per heavy atom. The molecule has 3 rings (SSSR count). The Morgan fingerprint density at radius 1 is 1.22 bits per heavy atom. The Labute approximate surface area is 137 Å². The van der Waals surface area contributed by atoms with Crippen molar-refractivity contribution in [1.29, 1.82) is 0 Å². The molecule has 1 atom stereocenters. The normalized spacial score (nSPS) is 16.5. The number of hydrogen-bond acceptors (Lipinski definition) is 2. The minimum Gasteiger partial charge on any atom is -0.497 e. The molecular weight excluding hydrogens is 286 g/mol. The van der Waals surface area contributed by atoms with Crippen molar-refractivity contribution in [2.24, 2.45) is 0 Å². The van der Waals surface area contributed by atoms with Crippen molar-refractivity contribution in [2.75, 3.05) is 14.2 Å². The molecule has 0 saturated heterocycles. The number of amides is 1. The van der Waals surface area contributed by atoms with E-state index < -0.39 is 0 Å². The number of nitrogens with zero attached hydrogens (tertiary/aromatic N) is 1. The Kier molecular flexibility index (Phi) is 4.65. The molecule has 0 aliphatic heterocycles. The molecule has 0 spiro atoms. The Bertz CT molecular complexity index is 696. The van der Waals surface area contributed by atoms with Gasteiger partial charge < -0.3 is 9.64 Å². The van der Waals surface area contributed by atoms with Crippen molar-refractivity contribution in [1.82, 2.24) is 4.90 Å². The first-order valence-corrected chi connectivity index (χ1v) is 8.15. The Morgan fingerprint density at radius 3 is 2.87 bits per heavy atom. The molecule has 1 aliphatic rings. The molecule has 23 heavy (non-hydrogen) atoms. The van der Waals surface area contributed by atoms with Crippen LogP contribution in [-0.4, -0.2) is 25.0 Å². The topological polar surface area (TPSA) is 29.5 Å². The lowest BCUT2D eigenvalue weighted by molar-refractivity contribution is -0.131. The van der Waals surface area contributed by atoms with Crippen molar-refractivity contribution in [3.05, 3.63) is 65.2 Å². The fraction of sp³-hybridized carbons (Fsp3) is 0.350. The van der Waals surface area contributed by atoms with Gasteiger partial charge in [0.2, 0.25) is 5.91 Å². The molecule has 0 radical (unpaired) electrons. The largest absolute Gasteiger partial charge is 0.497 e. The van der Waals surface area contributed by atoms with Gasteiger partial charge in [0.05, 0.1) is 19.6 Å². The molecule has 1 aliphatic carbocycles. The fourth-order valence-corrected chi connectivity index (χ4v) is 3.39. The summed E-state index contributed by atoms with van der Waals surface area (Å²) in [4.78, 5) is 14.6. The number of carbonyl (C=O) groups is 1. The van der Waals surface area contributed by atoms with Gasteiger partial charge in [0.1, 0.15) is 5.75 Å². The zero-order chi connectivity index (χ0) is 16.2. The maximum atomic E-state index is 12.7. The summed E-state index contributed by atoms with van der Waals surface area (Å²) in [5.41, 5.74) is 3.68. The number of ether oxygens (including phenoxy) is 1. The van der Waals surface area contributed by atoms with Crippen LogP contribution in [0.5, 0.6) is 5.75 Å². The van der Waals surface area contributed by atoms with Crippen molar-refractivity contribution in [2.45, 2.75) is 31.7 Å². The first-order chi connectivity index (χ1) is 11.2. The fourth-order valence-electron chi connectivity index (χ4n) is 3.39. The second-order valence-electron chi connectivity index (χ2n) is 6.14. The number of benzene rings is 2. The lowest BCUT2D eigenvalue weighted by Crippen LogP contribution is -2.34. The monoisotopic (exact) mass is 309 g/mol. The van der Waals surface area contributed by atoms with E-state index in [0.717, 1.165) is 30.6 Å². The molecule has 3 heteroatoms. The highest BCUT2D eigenvalue weighted by Crippen LogP contribution is 2.33. The zero-order valence-electron chi connectivity index (χ0n) is 13.8. The molecule has 2 aromatic carbocycles. The van der Waals surface area contributed by atoms with Gasteiger partial charge in [-0.2, -0.15) is 0 Å². The molecular formula is C20H23NO2. The average Bonchev–Trinajstić information content (AvgIpc) is 2.60. The van der Waals surface area contributed by atoms with Crippen LogP contribution in [0.2, 0.25) is 0 Å². The van der Waals surface area contributed by atoms with Gasteiger partial charge in [0, 0.05) is 7.05 Å². The van der Waals surface area contributed by atoms with Crippen LogP contribution in [0, 0.1) is 0 Å². The molecule has 0 unspecified atom stereocenters. The first-order valence-electron chi connectivity index (χ1n) is 8.15. The predicted octanol–water partition coefficient (Wildman–Crippen LogP) is 3.77. The lowest BCUT2D eigenvalue weighted by atomic mass is 9.87. The van der Waals surface area contributed by atoms with E-state index >= 15 is 0 Å². The van der Waals surface area contributed by atoms with E-state index in [4.69, 9.17) is 4.74 Å². The summed E-state index contributed by atoms with van der Waals surface area (Å²) in [5, 5.41) is 0. The third-order valence-electron chi connectivity index (χ3n) is 4.69. The Hall–Kier alpha value is -2.29. The number of rotatable bonds is 4. The average molecular weight is 309 g/mol. The van der Waals surface area contributed by atoms with Gasteiger partial charge in [-0.15, -0.1) is 0 Å². The number of aryl methyl sites for hydroxylation is 1. The predicted molar refractivity (Wildman–Crippen MR) is 91.6 cm³/mol. The van der Waals surface area contributed by atoms with Crippen molar-refractivity contribution >= 4 is 5.91 Å². The zero-order valence-corrected chi connectivity index (χ0v) is 13.8. The molecule has 3 nitrogen and oxygen atoms in total. The molecule has 0 bridgehead atoms. The van der Waals surface area contributed by atoms with Crippen molar-refractivity contribution in [3.63, 3.8) is 0 Å². The summed E-state index contributed by atoms with van der Waals surface area (Å²) in [6.45, 7) is 0. The minimum absolute atomic E-state index is 0.153. The maximum Gasteiger partial charge on any atom is 0.227 e. The van der Waals surface area contributed by atoms with Crippen LogP contribution in [0.15, 0.2) is 48.5 Å². The standard InChI is InChI=1S/C20H23NO2/c1-21(19-12-6-9-16-8-3-4-11-18(16)19)20(22)14-15-7-5-10-17(13-15)23-2/h3-5,7-8,10-11,13,19H,6,9,12,14H2,1-2H3/t19-/m1/s1. The number of hydrogen-bond donors (Lipinski definition) is 0. The maximum absolute atomic E-state index is 12.7. The van der Waals surface area contributed by atoms with E-state index in [1.807, 2.05) is 36.2 Å². The van der Waals surface area contributed by atoms with Crippen LogP contribution in [0.1, 0.15) is 35.6 Å². The third-order valence-corrected chi connectivity index (χ3v) is 4.69. The molecule has 0 saturated carbocycles. The molecule has 0 fully saturated rings. The van der Waals surface area contributed by atoms with E-state index in [1.165, 1.54) is 11.1 Å². The van der Waals surface area contributed by atoms with E-state index in [-0.39, 0.29) is 11.9 Å². The SMILES string of the molecule is COc1cccc(CC(=O)N(C)[C@@H]2CCCc3ccccc32)c1.